The van der Waals surface area contributed by atoms with Crippen LogP contribution in [0.3, 0.4) is 0 Å². The lowest BCUT2D eigenvalue weighted by atomic mass is 10.1. The smallest absolute Gasteiger partial charge is 0.408 e. The van der Waals surface area contributed by atoms with E-state index in [-0.39, 0.29) is 18.0 Å². The van der Waals surface area contributed by atoms with Gasteiger partial charge in [-0.2, -0.15) is 13.2 Å². The number of hydrogen-bond acceptors (Lipinski definition) is 5. The van der Waals surface area contributed by atoms with Crippen molar-refractivity contribution in [2.24, 2.45) is 0 Å². The number of hydrogen-bond donors (Lipinski definition) is 0. The summed E-state index contributed by atoms with van der Waals surface area (Å²) >= 11 is 0. The van der Waals surface area contributed by atoms with Gasteiger partial charge in [-0.15, -0.1) is 5.10 Å². The Morgan fingerprint density at radius 1 is 1.43 bits per heavy atom. The number of pyridine rings is 1. The van der Waals surface area contributed by atoms with Gasteiger partial charge in [-0.3, -0.25) is 4.98 Å². The zero-order chi connectivity index (χ0) is 15.5. The second-order valence-electron chi connectivity index (χ2n) is 4.02. The van der Waals surface area contributed by atoms with Gasteiger partial charge in [0.05, 0.1) is 6.61 Å². The highest BCUT2D eigenvalue weighted by Crippen LogP contribution is 2.25. The van der Waals surface area contributed by atoms with Crippen LogP contribution in [0.25, 0.3) is 11.3 Å². The van der Waals surface area contributed by atoms with Crippen LogP contribution in [-0.2, 0) is 11.3 Å². The van der Waals surface area contributed by atoms with Crippen molar-refractivity contribution in [3.8, 4) is 11.3 Å². The molecule has 0 saturated heterocycles. The number of esters is 1. The molecule has 0 N–H and O–H groups in total. The highest BCUT2D eigenvalue weighted by atomic mass is 19.4. The van der Waals surface area contributed by atoms with E-state index in [1.165, 1.54) is 24.5 Å². The van der Waals surface area contributed by atoms with Crippen LogP contribution < -0.4 is 0 Å². The molecule has 6 nitrogen and oxygen atoms in total. The van der Waals surface area contributed by atoms with Crippen LogP contribution in [0.5, 0.6) is 0 Å². The molecule has 21 heavy (non-hydrogen) atoms. The molecule has 0 aliphatic carbocycles. The first-order valence-corrected chi connectivity index (χ1v) is 6.00. The summed E-state index contributed by atoms with van der Waals surface area (Å²) in [4.78, 5) is 15.6. The molecule has 2 aromatic rings. The first-order chi connectivity index (χ1) is 9.92. The Hall–Kier alpha value is -2.45. The molecule has 0 amide bonds. The van der Waals surface area contributed by atoms with E-state index in [0.29, 0.717) is 10.2 Å². The average molecular weight is 300 g/mol. The first-order valence-electron chi connectivity index (χ1n) is 6.00. The van der Waals surface area contributed by atoms with Gasteiger partial charge in [-0.1, -0.05) is 5.21 Å². The van der Waals surface area contributed by atoms with Crippen molar-refractivity contribution < 1.29 is 22.7 Å². The van der Waals surface area contributed by atoms with Crippen LogP contribution >= 0.6 is 0 Å². The summed E-state index contributed by atoms with van der Waals surface area (Å²) in [6, 6.07) is 3.05. The molecule has 112 valence electrons. The van der Waals surface area contributed by atoms with Crippen molar-refractivity contribution in [1.82, 2.24) is 20.0 Å². The van der Waals surface area contributed by atoms with Crippen molar-refractivity contribution in [2.75, 3.05) is 6.61 Å². The largest absolute Gasteiger partial charge is 0.461 e. The lowest BCUT2D eigenvalue weighted by molar-refractivity contribution is -0.142. The molecule has 0 aliphatic heterocycles. The van der Waals surface area contributed by atoms with E-state index < -0.39 is 18.7 Å². The van der Waals surface area contributed by atoms with Crippen molar-refractivity contribution in [3.05, 3.63) is 30.2 Å². The third kappa shape index (κ3) is 3.56. The maximum Gasteiger partial charge on any atom is 0.408 e. The van der Waals surface area contributed by atoms with Crippen molar-refractivity contribution >= 4 is 5.97 Å². The Labute approximate surface area is 117 Å². The van der Waals surface area contributed by atoms with E-state index >= 15 is 0 Å². The summed E-state index contributed by atoms with van der Waals surface area (Å²) in [6.07, 6.45) is -1.70. The number of rotatable bonds is 4. The molecule has 0 aromatic carbocycles. The van der Waals surface area contributed by atoms with Gasteiger partial charge in [-0.05, 0) is 19.1 Å². The molecule has 0 bridgehead atoms. The summed E-state index contributed by atoms with van der Waals surface area (Å²) in [5.41, 5.74) is -0.0391. The molecule has 0 unspecified atom stereocenters. The number of nitrogens with zero attached hydrogens (tertiary/aromatic N) is 4. The van der Waals surface area contributed by atoms with Crippen LogP contribution in [0.2, 0.25) is 0 Å². The Balaban J connectivity index is 2.50. The lowest BCUT2D eigenvalue weighted by Gasteiger charge is -2.10. The topological polar surface area (TPSA) is 69.9 Å². The first kappa shape index (κ1) is 14.9. The van der Waals surface area contributed by atoms with E-state index in [4.69, 9.17) is 4.74 Å². The molecule has 0 radical (unpaired) electrons. The van der Waals surface area contributed by atoms with E-state index in [1.807, 2.05) is 0 Å². The van der Waals surface area contributed by atoms with Crippen LogP contribution in [-0.4, -0.2) is 38.7 Å². The number of carbonyl (C=O) groups is 1. The predicted molar refractivity (Wildman–Crippen MR) is 65.3 cm³/mol. The Bertz CT molecular complexity index is 625. The standard InChI is InChI=1S/C12H11F3N4O2/c1-2-21-11(20)9-10(8-4-3-5-16-6-8)19(18-17-9)7-12(13,14)15/h3-6H,2,7H2,1H3. The van der Waals surface area contributed by atoms with Gasteiger partial charge in [-0.25, -0.2) is 9.48 Å². The molecule has 2 rings (SSSR count). The van der Waals surface area contributed by atoms with Crippen molar-refractivity contribution in [2.45, 2.75) is 19.6 Å². The number of carbonyl (C=O) groups excluding carboxylic acids is 1. The molecule has 9 heteroatoms. The number of alkyl halides is 3. The van der Waals surface area contributed by atoms with Crippen LogP contribution in [0, 0.1) is 0 Å². The van der Waals surface area contributed by atoms with E-state index in [9.17, 15) is 18.0 Å². The Morgan fingerprint density at radius 2 is 2.19 bits per heavy atom. The zero-order valence-corrected chi connectivity index (χ0v) is 11.0. The second-order valence-corrected chi connectivity index (χ2v) is 4.02. The fraction of sp³-hybridized carbons (Fsp3) is 0.333. The van der Waals surface area contributed by atoms with Gasteiger partial charge < -0.3 is 4.74 Å². The van der Waals surface area contributed by atoms with Crippen molar-refractivity contribution in [1.29, 1.82) is 0 Å². The minimum Gasteiger partial charge on any atom is -0.461 e. The van der Waals surface area contributed by atoms with Crippen LogP contribution in [0.15, 0.2) is 24.5 Å². The maximum atomic E-state index is 12.6. The third-order valence-electron chi connectivity index (χ3n) is 2.47. The summed E-state index contributed by atoms with van der Waals surface area (Å²) in [7, 11) is 0. The fourth-order valence-electron chi connectivity index (χ4n) is 1.72. The molecule has 2 heterocycles. The van der Waals surface area contributed by atoms with Gasteiger partial charge >= 0.3 is 12.1 Å². The number of halogens is 3. The van der Waals surface area contributed by atoms with Crippen LogP contribution in [0.4, 0.5) is 13.2 Å². The average Bonchev–Trinajstić information content (AvgIpc) is 2.81. The van der Waals surface area contributed by atoms with Gasteiger partial charge in [0, 0.05) is 18.0 Å². The number of ether oxygens (including phenoxy) is 1. The lowest BCUT2D eigenvalue weighted by Crippen LogP contribution is -2.20. The summed E-state index contributed by atoms with van der Waals surface area (Å²) < 4.78 is 43.1. The Morgan fingerprint density at radius 3 is 2.76 bits per heavy atom. The second kappa shape index (κ2) is 5.90. The molecular weight excluding hydrogens is 289 g/mol. The summed E-state index contributed by atoms with van der Waals surface area (Å²) in [6.45, 7) is 0.308. The van der Waals surface area contributed by atoms with Crippen molar-refractivity contribution in [3.63, 3.8) is 0 Å². The molecule has 0 atom stereocenters. The minimum absolute atomic E-state index is 0.0705. The molecule has 0 fully saturated rings. The Kier molecular flexibility index (Phi) is 4.20. The molecule has 0 aliphatic rings. The summed E-state index contributed by atoms with van der Waals surface area (Å²) in [5.74, 6) is -0.829. The monoisotopic (exact) mass is 300 g/mol. The van der Waals surface area contributed by atoms with E-state index in [1.54, 1.807) is 6.92 Å². The SMILES string of the molecule is CCOC(=O)c1nnn(CC(F)(F)F)c1-c1cccnc1. The predicted octanol–water partition coefficient (Wildman–Crippen LogP) is 2.08. The van der Waals surface area contributed by atoms with E-state index in [0.717, 1.165) is 0 Å². The molecule has 0 saturated carbocycles. The third-order valence-corrected chi connectivity index (χ3v) is 2.47. The normalized spacial score (nSPS) is 11.4. The van der Waals surface area contributed by atoms with Gasteiger partial charge in [0.2, 0.25) is 0 Å². The molecular formula is C12H11F3N4O2. The minimum atomic E-state index is -4.49. The molecule has 2 aromatic heterocycles. The maximum absolute atomic E-state index is 12.6. The summed E-state index contributed by atoms with van der Waals surface area (Å²) in [5, 5.41) is 6.91. The van der Waals surface area contributed by atoms with E-state index in [2.05, 4.69) is 15.3 Å². The zero-order valence-electron chi connectivity index (χ0n) is 11.0. The van der Waals surface area contributed by atoms with Crippen LogP contribution in [0.1, 0.15) is 17.4 Å². The van der Waals surface area contributed by atoms with Gasteiger partial charge in [0.15, 0.2) is 5.69 Å². The van der Waals surface area contributed by atoms with Gasteiger partial charge in [0.25, 0.3) is 0 Å². The fourth-order valence-corrected chi connectivity index (χ4v) is 1.72. The number of aromatic nitrogens is 4. The quantitative estimate of drug-likeness (QED) is 0.809. The molecule has 0 spiro atoms. The highest BCUT2D eigenvalue weighted by Gasteiger charge is 2.32. The van der Waals surface area contributed by atoms with Gasteiger partial charge in [0.1, 0.15) is 12.2 Å². The highest BCUT2D eigenvalue weighted by molar-refractivity contribution is 5.93.